The second-order valence-corrected chi connectivity index (χ2v) is 5.09. The Labute approximate surface area is 116 Å². The first-order valence-electron chi connectivity index (χ1n) is 5.52. The highest BCUT2D eigenvalue weighted by atomic mass is 127. The Balaban J connectivity index is 2.97. The summed E-state index contributed by atoms with van der Waals surface area (Å²) >= 11 is 8.14. The third-order valence-corrected chi connectivity index (χ3v) is 3.56. The molecule has 1 aromatic rings. The second kappa shape index (κ2) is 7.27. The summed E-state index contributed by atoms with van der Waals surface area (Å²) in [7, 11) is 0. The van der Waals surface area contributed by atoms with Gasteiger partial charge in [-0.15, -0.1) is 11.6 Å². The minimum atomic E-state index is 0.502. The Hall–Kier alpha value is -0.100. The summed E-state index contributed by atoms with van der Waals surface area (Å²) < 4.78 is 1.08. The smallest absolute Gasteiger partial charge is 0.145 e. The van der Waals surface area contributed by atoms with Crippen LogP contribution in [0.2, 0.25) is 0 Å². The molecule has 0 aliphatic heterocycles. The highest BCUT2D eigenvalue weighted by Crippen LogP contribution is 2.22. The molecule has 0 N–H and O–H groups in total. The highest BCUT2D eigenvalue weighted by molar-refractivity contribution is 14.1. The van der Waals surface area contributed by atoms with Gasteiger partial charge in [-0.1, -0.05) is 13.8 Å². The molecule has 0 bridgehead atoms. The van der Waals surface area contributed by atoms with Gasteiger partial charge in [0.05, 0.1) is 3.57 Å². The molecule has 1 heterocycles. The minimum absolute atomic E-state index is 0.502. The third-order valence-electron chi connectivity index (χ3n) is 2.63. The van der Waals surface area contributed by atoms with Crippen molar-refractivity contribution in [3.63, 3.8) is 0 Å². The van der Waals surface area contributed by atoms with Gasteiger partial charge >= 0.3 is 0 Å². The molecule has 0 radical (unpaired) electrons. The van der Waals surface area contributed by atoms with E-state index in [0.29, 0.717) is 11.9 Å². The van der Waals surface area contributed by atoms with Crippen molar-refractivity contribution in [3.05, 3.63) is 16.1 Å². The number of halogens is 2. The second-order valence-electron chi connectivity index (χ2n) is 3.55. The van der Waals surface area contributed by atoms with Gasteiger partial charge < -0.3 is 4.90 Å². The van der Waals surface area contributed by atoms with Gasteiger partial charge in [-0.05, 0) is 35.4 Å². The van der Waals surface area contributed by atoms with Crippen LogP contribution in [-0.4, -0.2) is 28.4 Å². The van der Waals surface area contributed by atoms with E-state index >= 15 is 0 Å². The molecule has 1 rings (SSSR count). The largest absolute Gasteiger partial charge is 0.351 e. The summed E-state index contributed by atoms with van der Waals surface area (Å²) in [6, 6.07) is 0.502. The summed E-state index contributed by atoms with van der Waals surface area (Å²) in [5.41, 5.74) is 0. The molecule has 0 amide bonds. The van der Waals surface area contributed by atoms with E-state index in [9.17, 15) is 0 Å². The normalized spacial score (nSPS) is 10.8. The molecular formula is C11H17ClIN3. The predicted octanol–water partition coefficient (Wildman–Crippen LogP) is 3.32. The van der Waals surface area contributed by atoms with Gasteiger partial charge in [0.1, 0.15) is 12.1 Å². The Morgan fingerprint density at radius 3 is 2.62 bits per heavy atom. The maximum atomic E-state index is 5.87. The fourth-order valence-corrected chi connectivity index (χ4v) is 2.59. The van der Waals surface area contributed by atoms with Crippen LogP contribution in [0, 0.1) is 3.57 Å². The first-order chi connectivity index (χ1) is 7.74. The summed E-state index contributed by atoms with van der Waals surface area (Å²) in [4.78, 5) is 10.7. The molecule has 3 nitrogen and oxygen atoms in total. The molecule has 0 saturated carbocycles. The van der Waals surface area contributed by atoms with Gasteiger partial charge in [0.2, 0.25) is 0 Å². The lowest BCUT2D eigenvalue weighted by atomic mass is 10.1. The van der Waals surface area contributed by atoms with E-state index in [1.807, 2.05) is 6.20 Å². The van der Waals surface area contributed by atoms with E-state index in [2.05, 4.69) is 51.3 Å². The van der Waals surface area contributed by atoms with Crippen molar-refractivity contribution < 1.29 is 0 Å². The number of hydrogen-bond acceptors (Lipinski definition) is 3. The average molecular weight is 354 g/mol. The van der Waals surface area contributed by atoms with Gasteiger partial charge in [0, 0.05) is 24.7 Å². The number of rotatable bonds is 6. The molecule has 0 spiro atoms. The number of anilines is 1. The molecule has 0 aromatic carbocycles. The van der Waals surface area contributed by atoms with Gasteiger partial charge in [0.25, 0.3) is 0 Å². The zero-order chi connectivity index (χ0) is 12.0. The Kier molecular flexibility index (Phi) is 6.34. The van der Waals surface area contributed by atoms with Gasteiger partial charge in [-0.2, -0.15) is 0 Å². The molecule has 0 aliphatic carbocycles. The van der Waals surface area contributed by atoms with E-state index in [-0.39, 0.29) is 0 Å². The molecule has 90 valence electrons. The van der Waals surface area contributed by atoms with E-state index < -0.39 is 0 Å². The van der Waals surface area contributed by atoms with E-state index in [1.54, 1.807) is 6.33 Å². The quantitative estimate of drug-likeness (QED) is 0.580. The van der Waals surface area contributed by atoms with Crippen LogP contribution >= 0.6 is 34.2 Å². The van der Waals surface area contributed by atoms with Gasteiger partial charge in [-0.25, -0.2) is 9.97 Å². The molecule has 5 heteroatoms. The molecule has 0 unspecified atom stereocenters. The number of alkyl halides is 1. The van der Waals surface area contributed by atoms with E-state index in [0.717, 1.165) is 28.8 Å². The summed E-state index contributed by atoms with van der Waals surface area (Å²) in [5.74, 6) is 1.63. The molecule has 0 fully saturated rings. The Morgan fingerprint density at radius 2 is 2.12 bits per heavy atom. The molecule has 0 saturated heterocycles. The monoisotopic (exact) mass is 353 g/mol. The summed E-state index contributed by atoms with van der Waals surface area (Å²) in [5, 5.41) is 0. The molecule has 0 atom stereocenters. The predicted molar refractivity (Wildman–Crippen MR) is 77.2 cm³/mol. The molecule has 1 aromatic heterocycles. The van der Waals surface area contributed by atoms with E-state index in [4.69, 9.17) is 11.6 Å². The third kappa shape index (κ3) is 3.45. The number of hydrogen-bond donors (Lipinski definition) is 0. The molecule has 0 aliphatic rings. The van der Waals surface area contributed by atoms with E-state index in [1.165, 1.54) is 0 Å². The average Bonchev–Trinajstić information content (AvgIpc) is 2.30. The minimum Gasteiger partial charge on any atom is -0.351 e. The summed E-state index contributed by atoms with van der Waals surface area (Å²) in [6.07, 6.45) is 5.65. The lowest BCUT2D eigenvalue weighted by Crippen LogP contribution is -2.37. The van der Waals surface area contributed by atoms with Crippen LogP contribution < -0.4 is 4.90 Å². The van der Waals surface area contributed by atoms with Crippen molar-refractivity contribution in [3.8, 4) is 0 Å². The van der Waals surface area contributed by atoms with Crippen molar-refractivity contribution in [1.82, 2.24) is 9.97 Å². The first-order valence-corrected chi connectivity index (χ1v) is 7.14. The standard InChI is InChI=1S/C11H17ClIN3/c1-3-9(4-2)16(6-5-12)11-10(13)7-14-8-15-11/h7-9H,3-6H2,1-2H3. The van der Waals surface area contributed by atoms with Crippen LogP contribution in [0.15, 0.2) is 12.5 Å². The number of nitrogens with zero attached hydrogens (tertiary/aromatic N) is 3. The van der Waals surface area contributed by atoms with Crippen LogP contribution in [0.3, 0.4) is 0 Å². The van der Waals surface area contributed by atoms with Crippen molar-refractivity contribution in [2.45, 2.75) is 32.7 Å². The van der Waals surface area contributed by atoms with Gasteiger partial charge in [0.15, 0.2) is 0 Å². The Morgan fingerprint density at radius 1 is 1.44 bits per heavy atom. The maximum Gasteiger partial charge on any atom is 0.145 e. The zero-order valence-corrected chi connectivity index (χ0v) is 12.6. The van der Waals surface area contributed by atoms with Crippen LogP contribution in [0.5, 0.6) is 0 Å². The lowest BCUT2D eigenvalue weighted by Gasteiger charge is -2.31. The zero-order valence-electron chi connectivity index (χ0n) is 9.66. The van der Waals surface area contributed by atoms with Crippen LogP contribution in [0.4, 0.5) is 5.82 Å². The number of aromatic nitrogens is 2. The molecule has 16 heavy (non-hydrogen) atoms. The van der Waals surface area contributed by atoms with Gasteiger partial charge in [-0.3, -0.25) is 0 Å². The van der Waals surface area contributed by atoms with Crippen molar-refractivity contribution in [1.29, 1.82) is 0 Å². The van der Waals surface area contributed by atoms with Crippen LogP contribution in [-0.2, 0) is 0 Å². The van der Waals surface area contributed by atoms with Crippen molar-refractivity contribution >= 4 is 40.0 Å². The lowest BCUT2D eigenvalue weighted by molar-refractivity contribution is 0.561. The topological polar surface area (TPSA) is 29.0 Å². The fourth-order valence-electron chi connectivity index (χ4n) is 1.80. The van der Waals surface area contributed by atoms with Crippen molar-refractivity contribution in [2.24, 2.45) is 0 Å². The SMILES string of the molecule is CCC(CC)N(CCCl)c1ncncc1I. The van der Waals surface area contributed by atoms with Crippen molar-refractivity contribution in [2.75, 3.05) is 17.3 Å². The first kappa shape index (κ1) is 14.0. The Bertz CT molecular complexity index is 318. The van der Waals surface area contributed by atoms with Crippen LogP contribution in [0.1, 0.15) is 26.7 Å². The highest BCUT2D eigenvalue weighted by Gasteiger charge is 2.18. The fraction of sp³-hybridized carbons (Fsp3) is 0.636. The van der Waals surface area contributed by atoms with Crippen LogP contribution in [0.25, 0.3) is 0 Å². The maximum absolute atomic E-state index is 5.87. The summed E-state index contributed by atoms with van der Waals surface area (Å²) in [6.45, 7) is 5.23. The molecular weight excluding hydrogens is 336 g/mol.